The summed E-state index contributed by atoms with van der Waals surface area (Å²) in [5, 5.41) is 0. The van der Waals surface area contributed by atoms with E-state index in [1.807, 2.05) is 0 Å². The third-order valence-corrected chi connectivity index (χ3v) is 2.35. The maximum atomic E-state index is 5.63. The lowest BCUT2D eigenvalue weighted by atomic mass is 9.98. The van der Waals surface area contributed by atoms with Crippen LogP contribution in [-0.2, 0) is 9.47 Å². The minimum atomic E-state index is 0.0457. The molecule has 0 spiro atoms. The van der Waals surface area contributed by atoms with Gasteiger partial charge >= 0.3 is 0 Å². The van der Waals surface area contributed by atoms with Crippen LogP contribution in [0, 0.1) is 17.3 Å². The van der Waals surface area contributed by atoms with Gasteiger partial charge in [0.15, 0.2) is 6.29 Å². The zero-order chi connectivity index (χ0) is 11.9. The van der Waals surface area contributed by atoms with Crippen LogP contribution in [0.25, 0.3) is 0 Å². The van der Waals surface area contributed by atoms with Crippen LogP contribution in [0.1, 0.15) is 52.9 Å². The average Bonchev–Trinajstić information content (AvgIpc) is 2.23. The molecule has 0 N–H and O–H groups in total. The van der Waals surface area contributed by atoms with Crippen molar-refractivity contribution in [3.63, 3.8) is 0 Å². The highest BCUT2D eigenvalue weighted by molar-refractivity contribution is 5.06. The molecule has 0 radical (unpaired) electrons. The van der Waals surface area contributed by atoms with Gasteiger partial charge in [0.25, 0.3) is 0 Å². The van der Waals surface area contributed by atoms with E-state index in [1.165, 1.54) is 12.8 Å². The Morgan fingerprint density at radius 2 is 2.12 bits per heavy atom. The van der Waals surface area contributed by atoms with E-state index < -0.39 is 0 Å². The minimum absolute atomic E-state index is 0.0457. The van der Waals surface area contributed by atoms with E-state index in [0.29, 0.717) is 0 Å². The Hall–Kier alpha value is -0.520. The summed E-state index contributed by atoms with van der Waals surface area (Å²) in [6, 6.07) is 0. The van der Waals surface area contributed by atoms with Crippen molar-refractivity contribution < 1.29 is 9.47 Å². The Morgan fingerprint density at radius 3 is 2.75 bits per heavy atom. The molecule has 1 unspecified atom stereocenters. The van der Waals surface area contributed by atoms with Crippen LogP contribution >= 0.6 is 0 Å². The summed E-state index contributed by atoms with van der Waals surface area (Å²) in [5.41, 5.74) is 0.118. The first kappa shape index (κ1) is 13.5. The molecule has 0 saturated carbocycles. The topological polar surface area (TPSA) is 18.5 Å². The van der Waals surface area contributed by atoms with E-state index in [2.05, 4.69) is 32.6 Å². The molecule has 1 heterocycles. The molecule has 1 atom stereocenters. The van der Waals surface area contributed by atoms with E-state index in [0.717, 1.165) is 32.5 Å². The Bertz CT molecular complexity index is 236. The van der Waals surface area contributed by atoms with Gasteiger partial charge in [-0.25, -0.2) is 0 Å². The number of unbranched alkanes of at least 4 members (excludes halogenated alkanes) is 1. The number of hydrogen-bond acceptors (Lipinski definition) is 2. The third kappa shape index (κ3) is 6.87. The molecule has 1 rings (SSSR count). The summed E-state index contributed by atoms with van der Waals surface area (Å²) in [6.07, 6.45) is 5.43. The summed E-state index contributed by atoms with van der Waals surface area (Å²) in [7, 11) is 0. The first-order valence-corrected chi connectivity index (χ1v) is 6.31. The van der Waals surface area contributed by atoms with Gasteiger partial charge in [0.1, 0.15) is 0 Å². The summed E-state index contributed by atoms with van der Waals surface area (Å²) >= 11 is 0. The van der Waals surface area contributed by atoms with E-state index in [-0.39, 0.29) is 11.7 Å². The number of ether oxygens (including phenoxy) is 2. The molecular formula is C14H24O2. The molecule has 2 heteroatoms. The molecule has 1 fully saturated rings. The van der Waals surface area contributed by atoms with Crippen LogP contribution in [0.2, 0.25) is 0 Å². The first-order chi connectivity index (χ1) is 7.58. The Balaban J connectivity index is 2.00. The summed E-state index contributed by atoms with van der Waals surface area (Å²) < 4.78 is 11.1. The molecule has 0 aromatic carbocycles. The van der Waals surface area contributed by atoms with Gasteiger partial charge in [0.05, 0.1) is 6.61 Å². The number of hydrogen-bond donors (Lipinski definition) is 0. The van der Waals surface area contributed by atoms with Gasteiger partial charge in [-0.2, -0.15) is 0 Å². The Labute approximate surface area is 99.7 Å². The molecule has 1 saturated heterocycles. The van der Waals surface area contributed by atoms with Crippen molar-refractivity contribution in [3.8, 4) is 11.8 Å². The maximum Gasteiger partial charge on any atom is 0.157 e. The third-order valence-electron chi connectivity index (χ3n) is 2.35. The monoisotopic (exact) mass is 224 g/mol. The fourth-order valence-corrected chi connectivity index (χ4v) is 1.55. The zero-order valence-electron chi connectivity index (χ0n) is 10.8. The lowest BCUT2D eigenvalue weighted by Crippen LogP contribution is -2.22. The second-order valence-corrected chi connectivity index (χ2v) is 5.32. The smallest absolute Gasteiger partial charge is 0.157 e. The molecule has 0 amide bonds. The van der Waals surface area contributed by atoms with Gasteiger partial charge in [-0.15, -0.1) is 5.92 Å². The van der Waals surface area contributed by atoms with Crippen LogP contribution in [0.5, 0.6) is 0 Å². The SMILES string of the molecule is CC(C)(C)C#CCCCOC1CCCCO1. The molecule has 0 aromatic rings. The first-order valence-electron chi connectivity index (χ1n) is 6.31. The maximum absolute atomic E-state index is 5.63. The highest BCUT2D eigenvalue weighted by Gasteiger charge is 2.13. The van der Waals surface area contributed by atoms with Gasteiger partial charge in [0.2, 0.25) is 0 Å². The predicted octanol–water partition coefficient (Wildman–Crippen LogP) is 3.36. The van der Waals surface area contributed by atoms with E-state index >= 15 is 0 Å². The normalized spacial score (nSPS) is 21.3. The van der Waals surface area contributed by atoms with Gasteiger partial charge in [0, 0.05) is 18.4 Å². The Kier molecular flexibility index (Phi) is 5.87. The largest absolute Gasteiger partial charge is 0.353 e. The molecule has 0 bridgehead atoms. The Morgan fingerprint density at radius 1 is 1.31 bits per heavy atom. The zero-order valence-corrected chi connectivity index (χ0v) is 10.8. The molecule has 0 aliphatic carbocycles. The lowest BCUT2D eigenvalue weighted by molar-refractivity contribution is -0.162. The van der Waals surface area contributed by atoms with Crippen molar-refractivity contribution in [1.82, 2.24) is 0 Å². The lowest BCUT2D eigenvalue weighted by Gasteiger charge is -2.22. The van der Waals surface area contributed by atoms with Crippen molar-refractivity contribution in [3.05, 3.63) is 0 Å². The van der Waals surface area contributed by atoms with Gasteiger partial charge in [-0.3, -0.25) is 0 Å². The molecule has 2 nitrogen and oxygen atoms in total. The molecule has 1 aliphatic heterocycles. The van der Waals surface area contributed by atoms with E-state index in [4.69, 9.17) is 9.47 Å². The van der Waals surface area contributed by atoms with Crippen molar-refractivity contribution in [1.29, 1.82) is 0 Å². The van der Waals surface area contributed by atoms with Crippen LogP contribution in [0.15, 0.2) is 0 Å². The van der Waals surface area contributed by atoms with Gasteiger partial charge < -0.3 is 9.47 Å². The highest BCUT2D eigenvalue weighted by atomic mass is 16.7. The second-order valence-electron chi connectivity index (χ2n) is 5.32. The average molecular weight is 224 g/mol. The highest BCUT2D eigenvalue weighted by Crippen LogP contribution is 2.14. The van der Waals surface area contributed by atoms with Crippen molar-refractivity contribution in [2.24, 2.45) is 5.41 Å². The molecular weight excluding hydrogens is 200 g/mol. The van der Waals surface area contributed by atoms with Crippen molar-refractivity contribution in [2.45, 2.75) is 59.2 Å². The molecule has 92 valence electrons. The standard InChI is InChI=1S/C14H24O2/c1-14(2,3)10-6-4-7-11-15-13-9-5-8-12-16-13/h13H,4-5,7-9,11-12H2,1-3H3. The van der Waals surface area contributed by atoms with Gasteiger partial charge in [-0.1, -0.05) is 5.92 Å². The summed E-state index contributed by atoms with van der Waals surface area (Å²) in [5.74, 6) is 6.42. The van der Waals surface area contributed by atoms with E-state index in [9.17, 15) is 0 Å². The van der Waals surface area contributed by atoms with Crippen LogP contribution in [-0.4, -0.2) is 19.5 Å². The molecule has 1 aliphatic rings. The summed E-state index contributed by atoms with van der Waals surface area (Å²) in [6.45, 7) is 8.02. The van der Waals surface area contributed by atoms with Crippen LogP contribution < -0.4 is 0 Å². The summed E-state index contributed by atoms with van der Waals surface area (Å²) in [4.78, 5) is 0. The predicted molar refractivity (Wildman–Crippen MR) is 66.0 cm³/mol. The molecule has 0 aromatic heterocycles. The van der Waals surface area contributed by atoms with Crippen LogP contribution in [0.3, 0.4) is 0 Å². The van der Waals surface area contributed by atoms with Crippen molar-refractivity contribution in [2.75, 3.05) is 13.2 Å². The quantitative estimate of drug-likeness (QED) is 0.538. The van der Waals surface area contributed by atoms with E-state index in [1.54, 1.807) is 0 Å². The van der Waals surface area contributed by atoms with Crippen LogP contribution in [0.4, 0.5) is 0 Å². The number of rotatable bonds is 4. The fraction of sp³-hybridized carbons (Fsp3) is 0.857. The molecule has 16 heavy (non-hydrogen) atoms. The fourth-order valence-electron chi connectivity index (χ4n) is 1.55. The van der Waals surface area contributed by atoms with Crippen molar-refractivity contribution >= 4 is 0 Å². The van der Waals surface area contributed by atoms with Gasteiger partial charge in [-0.05, 0) is 46.5 Å². The second kappa shape index (κ2) is 6.93. The minimum Gasteiger partial charge on any atom is -0.353 e.